The molecule has 0 amide bonds. The van der Waals surface area contributed by atoms with E-state index in [2.05, 4.69) is 26.0 Å². The molecule has 1 fully saturated rings. The van der Waals surface area contributed by atoms with E-state index < -0.39 is 54.7 Å². The first kappa shape index (κ1) is 61.0. The Balaban J connectivity index is 2.24. The summed E-state index contributed by atoms with van der Waals surface area (Å²) >= 11 is 0. The molecule has 0 radical (unpaired) electrons. The van der Waals surface area contributed by atoms with Gasteiger partial charge in [-0.2, -0.15) is 0 Å². The van der Waals surface area contributed by atoms with Crippen LogP contribution in [0.25, 0.3) is 0 Å². The first-order chi connectivity index (χ1) is 31.7. The molecule has 382 valence electrons. The first-order valence-electron chi connectivity index (χ1n) is 27.2. The van der Waals surface area contributed by atoms with Crippen molar-refractivity contribution in [2.24, 2.45) is 0 Å². The predicted octanol–water partition coefficient (Wildman–Crippen LogP) is 13.2. The third-order valence-corrected chi connectivity index (χ3v) is 12.9. The van der Waals surface area contributed by atoms with Crippen molar-refractivity contribution in [3.8, 4) is 0 Å². The molecule has 1 saturated heterocycles. The van der Waals surface area contributed by atoms with Crippen molar-refractivity contribution in [2.75, 3.05) is 13.2 Å². The molecule has 1 aliphatic heterocycles. The quantitative estimate of drug-likeness (QED) is 0.0260. The maximum atomic E-state index is 12.8. The van der Waals surface area contributed by atoms with Crippen molar-refractivity contribution < 1.29 is 53.8 Å². The fourth-order valence-electron chi connectivity index (χ4n) is 8.58. The van der Waals surface area contributed by atoms with Gasteiger partial charge in [-0.05, 0) is 38.5 Å². The summed E-state index contributed by atoms with van der Waals surface area (Å²) in [4.78, 5) is 37.0. The van der Waals surface area contributed by atoms with Crippen LogP contribution in [0.15, 0.2) is 12.2 Å². The molecular weight excluding hydrogens is 825 g/mol. The Hall–Kier alpha value is -2.05. The molecule has 11 heteroatoms. The number of carboxylic acids is 1. The zero-order chi connectivity index (χ0) is 47.4. The van der Waals surface area contributed by atoms with Crippen LogP contribution in [-0.4, -0.2) is 88.4 Å². The summed E-state index contributed by atoms with van der Waals surface area (Å²) in [5.41, 5.74) is 0. The highest BCUT2D eigenvalue weighted by Crippen LogP contribution is 2.23. The Bertz CT molecular complexity index is 1130. The minimum Gasteiger partial charge on any atom is -0.479 e. The largest absolute Gasteiger partial charge is 0.479 e. The Kier molecular flexibility index (Phi) is 41.7. The molecule has 6 unspecified atom stereocenters. The predicted molar refractivity (Wildman–Crippen MR) is 262 cm³/mol. The summed E-state index contributed by atoms with van der Waals surface area (Å²) in [6, 6.07) is 0. The average Bonchev–Trinajstić information content (AvgIpc) is 3.29. The van der Waals surface area contributed by atoms with Crippen LogP contribution in [0.5, 0.6) is 0 Å². The van der Waals surface area contributed by atoms with Gasteiger partial charge in [-0.1, -0.05) is 225 Å². The standard InChI is InChI=1S/C54H100O11/c1-3-5-7-9-11-13-15-17-19-20-21-22-23-24-25-26-27-29-31-33-35-37-39-41-43-48(56)64-46(45-63-54-51(59)49(57)50(58)52(65-54)53(60)61)44-62-47(55)42-40-38-36-34-32-30-28-18-16-14-12-10-8-6-4-2/h18,28,46,49-52,54,57-59H,3-17,19-27,29-45H2,1-2H3,(H,60,61)/b28-18-. The van der Waals surface area contributed by atoms with Gasteiger partial charge in [0.15, 0.2) is 18.5 Å². The molecule has 1 aliphatic rings. The zero-order valence-corrected chi connectivity index (χ0v) is 41.8. The van der Waals surface area contributed by atoms with Gasteiger partial charge in [0.05, 0.1) is 6.61 Å². The number of hydrogen-bond acceptors (Lipinski definition) is 10. The van der Waals surface area contributed by atoms with E-state index in [4.69, 9.17) is 18.9 Å². The van der Waals surface area contributed by atoms with Crippen LogP contribution in [-0.2, 0) is 33.3 Å². The fourth-order valence-corrected chi connectivity index (χ4v) is 8.58. The maximum Gasteiger partial charge on any atom is 0.335 e. The van der Waals surface area contributed by atoms with E-state index in [1.54, 1.807) is 0 Å². The van der Waals surface area contributed by atoms with Crippen LogP contribution < -0.4 is 0 Å². The molecule has 0 aromatic heterocycles. The first-order valence-corrected chi connectivity index (χ1v) is 27.2. The number of esters is 2. The molecule has 6 atom stereocenters. The third-order valence-electron chi connectivity index (χ3n) is 12.9. The molecule has 0 bridgehead atoms. The van der Waals surface area contributed by atoms with Crippen molar-refractivity contribution in [1.29, 1.82) is 0 Å². The lowest BCUT2D eigenvalue weighted by Gasteiger charge is -2.38. The molecule has 1 heterocycles. The smallest absolute Gasteiger partial charge is 0.335 e. The van der Waals surface area contributed by atoms with E-state index >= 15 is 0 Å². The second-order valence-electron chi connectivity index (χ2n) is 19.1. The number of allylic oxidation sites excluding steroid dienone is 2. The number of unbranched alkanes of at least 4 members (excludes halogenated alkanes) is 34. The van der Waals surface area contributed by atoms with E-state index in [0.717, 1.165) is 57.8 Å². The van der Waals surface area contributed by atoms with Crippen molar-refractivity contribution in [1.82, 2.24) is 0 Å². The van der Waals surface area contributed by atoms with Crippen LogP contribution >= 0.6 is 0 Å². The number of hydrogen-bond donors (Lipinski definition) is 4. The summed E-state index contributed by atoms with van der Waals surface area (Å²) < 4.78 is 21.8. The second-order valence-corrected chi connectivity index (χ2v) is 19.1. The van der Waals surface area contributed by atoms with Gasteiger partial charge >= 0.3 is 17.9 Å². The molecule has 1 rings (SSSR count). The van der Waals surface area contributed by atoms with Gasteiger partial charge in [-0.3, -0.25) is 9.59 Å². The highest BCUT2D eigenvalue weighted by molar-refractivity contribution is 5.73. The van der Waals surface area contributed by atoms with E-state index in [-0.39, 0.29) is 26.1 Å². The molecule has 0 spiro atoms. The number of carbonyl (C=O) groups excluding carboxylic acids is 2. The normalized spacial score (nSPS) is 19.2. The summed E-state index contributed by atoms with van der Waals surface area (Å²) in [7, 11) is 0. The Labute approximate surface area is 397 Å². The van der Waals surface area contributed by atoms with Gasteiger partial charge in [-0.15, -0.1) is 0 Å². The fraction of sp³-hybridized carbons (Fsp3) is 0.907. The van der Waals surface area contributed by atoms with Crippen molar-refractivity contribution in [3.05, 3.63) is 12.2 Å². The van der Waals surface area contributed by atoms with E-state index in [1.165, 1.54) is 167 Å². The Morgan fingerprint density at radius 3 is 1.20 bits per heavy atom. The van der Waals surface area contributed by atoms with Crippen LogP contribution in [0.2, 0.25) is 0 Å². The molecular formula is C54H100O11. The lowest BCUT2D eigenvalue weighted by Crippen LogP contribution is -2.60. The highest BCUT2D eigenvalue weighted by Gasteiger charge is 2.47. The zero-order valence-electron chi connectivity index (χ0n) is 41.8. The average molecular weight is 925 g/mol. The molecule has 11 nitrogen and oxygen atoms in total. The van der Waals surface area contributed by atoms with Gasteiger partial charge in [-0.25, -0.2) is 4.79 Å². The molecule has 65 heavy (non-hydrogen) atoms. The van der Waals surface area contributed by atoms with Crippen LogP contribution in [0.4, 0.5) is 0 Å². The number of rotatable bonds is 47. The lowest BCUT2D eigenvalue weighted by atomic mass is 9.99. The minimum atomic E-state index is -1.86. The van der Waals surface area contributed by atoms with Gasteiger partial charge < -0.3 is 39.4 Å². The number of aliphatic hydroxyl groups is 3. The number of aliphatic carboxylic acids is 1. The number of carboxylic acid groups (broad SMARTS) is 1. The van der Waals surface area contributed by atoms with Crippen LogP contribution in [0, 0.1) is 0 Å². The number of ether oxygens (including phenoxy) is 4. The van der Waals surface area contributed by atoms with Crippen molar-refractivity contribution in [3.63, 3.8) is 0 Å². The SMILES string of the molecule is CCCCCCCC/C=C\CCCCCCCC(=O)OCC(COC1OC(C(=O)O)C(O)C(O)C1O)OC(=O)CCCCCCCCCCCCCCCCCCCCCCCCCC. The Morgan fingerprint density at radius 1 is 0.462 bits per heavy atom. The molecule has 0 aliphatic carbocycles. The number of aliphatic hydroxyl groups excluding tert-OH is 3. The van der Waals surface area contributed by atoms with E-state index in [9.17, 15) is 34.8 Å². The van der Waals surface area contributed by atoms with Gasteiger partial charge in [0.25, 0.3) is 0 Å². The van der Waals surface area contributed by atoms with Crippen LogP contribution in [0.3, 0.4) is 0 Å². The minimum absolute atomic E-state index is 0.188. The van der Waals surface area contributed by atoms with Crippen LogP contribution in [0.1, 0.15) is 264 Å². The molecule has 4 N–H and O–H groups in total. The van der Waals surface area contributed by atoms with Gasteiger partial charge in [0.2, 0.25) is 0 Å². The monoisotopic (exact) mass is 925 g/mol. The maximum absolute atomic E-state index is 12.8. The van der Waals surface area contributed by atoms with Crippen molar-refractivity contribution in [2.45, 2.75) is 301 Å². The summed E-state index contributed by atoms with van der Waals surface area (Å²) in [6.45, 7) is 3.85. The van der Waals surface area contributed by atoms with Gasteiger partial charge in [0, 0.05) is 12.8 Å². The molecule has 0 aromatic carbocycles. The summed E-state index contributed by atoms with van der Waals surface area (Å²) in [5, 5.41) is 40.0. The number of carbonyl (C=O) groups is 3. The third kappa shape index (κ3) is 35.7. The van der Waals surface area contributed by atoms with E-state index in [1.807, 2.05) is 0 Å². The van der Waals surface area contributed by atoms with E-state index in [0.29, 0.717) is 12.8 Å². The topological polar surface area (TPSA) is 169 Å². The highest BCUT2D eigenvalue weighted by atomic mass is 16.7. The van der Waals surface area contributed by atoms with Gasteiger partial charge in [0.1, 0.15) is 24.9 Å². The summed E-state index contributed by atoms with van der Waals surface area (Å²) in [5.74, 6) is -2.43. The second kappa shape index (κ2) is 44.5. The summed E-state index contributed by atoms with van der Waals surface area (Å²) in [6.07, 6.45) is 41.3. The van der Waals surface area contributed by atoms with Crippen molar-refractivity contribution >= 4 is 17.9 Å². The lowest BCUT2D eigenvalue weighted by molar-refractivity contribution is -0.298. The molecule has 0 saturated carbocycles. The molecule has 0 aromatic rings. The Morgan fingerprint density at radius 2 is 0.815 bits per heavy atom.